The minimum Gasteiger partial charge on any atom is -0.468 e. The molecule has 0 spiro atoms. The third-order valence-corrected chi connectivity index (χ3v) is 3.84. The monoisotopic (exact) mass is 307 g/mol. The lowest BCUT2D eigenvalue weighted by molar-refractivity contribution is 0.376. The van der Waals surface area contributed by atoms with Gasteiger partial charge in [0, 0.05) is 10.5 Å². The molecule has 0 amide bonds. The maximum Gasteiger partial charge on any atom is 0.120 e. The average molecular weight is 308 g/mol. The highest BCUT2D eigenvalue weighted by Crippen LogP contribution is 2.26. The normalized spacial score (nSPS) is 14.4. The molecular formula is C15H18BrNO. The number of hydrogen-bond donors (Lipinski definition) is 1. The third kappa shape index (κ3) is 3.03. The second-order valence-electron chi connectivity index (χ2n) is 4.39. The van der Waals surface area contributed by atoms with Gasteiger partial charge < -0.3 is 9.73 Å². The summed E-state index contributed by atoms with van der Waals surface area (Å²) in [5, 5.41) is 3.60. The van der Waals surface area contributed by atoms with Crippen molar-refractivity contribution in [1.29, 1.82) is 0 Å². The molecule has 1 unspecified atom stereocenters. The molecule has 2 rings (SSSR count). The zero-order valence-electron chi connectivity index (χ0n) is 10.7. The van der Waals surface area contributed by atoms with Crippen LogP contribution < -0.4 is 5.32 Å². The highest BCUT2D eigenvalue weighted by Gasteiger charge is 2.16. The molecule has 1 heterocycles. The van der Waals surface area contributed by atoms with Crippen molar-refractivity contribution in [2.24, 2.45) is 0 Å². The Balaban J connectivity index is 2.11. The van der Waals surface area contributed by atoms with Crippen molar-refractivity contribution in [2.75, 3.05) is 0 Å². The van der Waals surface area contributed by atoms with E-state index in [9.17, 15) is 0 Å². The zero-order chi connectivity index (χ0) is 13.0. The quantitative estimate of drug-likeness (QED) is 0.854. The molecule has 0 aliphatic heterocycles. The molecule has 0 aliphatic carbocycles. The molecule has 3 heteroatoms. The molecule has 0 radical (unpaired) electrons. The fourth-order valence-electron chi connectivity index (χ4n) is 2.11. The van der Waals surface area contributed by atoms with Gasteiger partial charge in [0.05, 0.1) is 12.3 Å². The summed E-state index contributed by atoms with van der Waals surface area (Å²) in [6, 6.07) is 12.8. The summed E-state index contributed by atoms with van der Waals surface area (Å²) < 4.78 is 6.62. The number of halogens is 1. The Hall–Kier alpha value is -1.06. The Morgan fingerprint density at radius 2 is 2.00 bits per heavy atom. The standard InChI is InChI=1S/C15H18BrNO/c1-3-14(15-9-6-10-18-15)17-11(2)12-7-4-5-8-13(12)16/h4-11,14,17H,3H2,1-2H3/t11-,14?/m1/s1. The molecule has 1 aromatic heterocycles. The Morgan fingerprint density at radius 3 is 2.61 bits per heavy atom. The first-order valence-corrected chi connectivity index (χ1v) is 7.05. The molecule has 2 atom stereocenters. The molecule has 18 heavy (non-hydrogen) atoms. The van der Waals surface area contributed by atoms with Crippen LogP contribution in [0.25, 0.3) is 0 Å². The molecule has 0 fully saturated rings. The van der Waals surface area contributed by atoms with Gasteiger partial charge in [0.15, 0.2) is 0 Å². The van der Waals surface area contributed by atoms with Crippen LogP contribution in [0.3, 0.4) is 0 Å². The van der Waals surface area contributed by atoms with Gasteiger partial charge in [-0.2, -0.15) is 0 Å². The minimum atomic E-state index is 0.252. The summed E-state index contributed by atoms with van der Waals surface area (Å²) in [5.41, 5.74) is 1.27. The molecular weight excluding hydrogens is 290 g/mol. The van der Waals surface area contributed by atoms with E-state index in [-0.39, 0.29) is 12.1 Å². The van der Waals surface area contributed by atoms with Crippen LogP contribution in [0.15, 0.2) is 51.6 Å². The van der Waals surface area contributed by atoms with E-state index in [1.165, 1.54) is 5.56 Å². The smallest absolute Gasteiger partial charge is 0.120 e. The first-order valence-electron chi connectivity index (χ1n) is 6.26. The predicted octanol–water partition coefficient (Wildman–Crippen LogP) is 4.84. The highest BCUT2D eigenvalue weighted by atomic mass is 79.9. The fraction of sp³-hybridized carbons (Fsp3) is 0.333. The van der Waals surface area contributed by atoms with E-state index in [1.54, 1.807) is 6.26 Å². The van der Waals surface area contributed by atoms with Gasteiger partial charge >= 0.3 is 0 Å². The lowest BCUT2D eigenvalue weighted by atomic mass is 10.1. The Labute approximate surface area is 117 Å². The van der Waals surface area contributed by atoms with Gasteiger partial charge in [-0.15, -0.1) is 0 Å². The molecule has 96 valence electrons. The molecule has 0 saturated carbocycles. The molecule has 0 aliphatic rings. The van der Waals surface area contributed by atoms with E-state index in [0.29, 0.717) is 0 Å². The summed E-state index contributed by atoms with van der Waals surface area (Å²) in [7, 11) is 0. The Morgan fingerprint density at radius 1 is 1.22 bits per heavy atom. The Bertz CT molecular complexity index is 481. The van der Waals surface area contributed by atoms with Gasteiger partial charge in [-0.3, -0.25) is 0 Å². The lowest BCUT2D eigenvalue weighted by Crippen LogP contribution is -2.24. The van der Waals surface area contributed by atoms with E-state index in [2.05, 4.69) is 53.3 Å². The Kier molecular flexibility index (Phi) is 4.61. The van der Waals surface area contributed by atoms with Gasteiger partial charge in [-0.25, -0.2) is 0 Å². The van der Waals surface area contributed by atoms with Crippen molar-refractivity contribution >= 4 is 15.9 Å². The molecule has 2 nitrogen and oxygen atoms in total. The van der Waals surface area contributed by atoms with Crippen LogP contribution in [0.1, 0.15) is 43.7 Å². The zero-order valence-corrected chi connectivity index (χ0v) is 12.3. The second-order valence-corrected chi connectivity index (χ2v) is 5.24. The van der Waals surface area contributed by atoms with E-state index in [4.69, 9.17) is 4.42 Å². The number of furan rings is 1. The number of benzene rings is 1. The van der Waals surface area contributed by atoms with Crippen LogP contribution in [0.2, 0.25) is 0 Å². The largest absolute Gasteiger partial charge is 0.468 e. The SMILES string of the molecule is CCC(N[C@H](C)c1ccccc1Br)c1ccco1. The molecule has 1 aromatic carbocycles. The van der Waals surface area contributed by atoms with Crippen LogP contribution >= 0.6 is 15.9 Å². The summed E-state index contributed by atoms with van der Waals surface area (Å²) in [6.07, 6.45) is 2.73. The lowest BCUT2D eigenvalue weighted by Gasteiger charge is -2.21. The van der Waals surface area contributed by atoms with Crippen LogP contribution in [0, 0.1) is 0 Å². The van der Waals surface area contributed by atoms with E-state index < -0.39 is 0 Å². The van der Waals surface area contributed by atoms with Crippen LogP contribution in [0.5, 0.6) is 0 Å². The summed E-state index contributed by atoms with van der Waals surface area (Å²) in [5.74, 6) is 0.997. The van der Waals surface area contributed by atoms with E-state index in [1.807, 2.05) is 18.2 Å². The van der Waals surface area contributed by atoms with Gasteiger partial charge in [0.25, 0.3) is 0 Å². The fourth-order valence-corrected chi connectivity index (χ4v) is 2.74. The molecule has 0 saturated heterocycles. The van der Waals surface area contributed by atoms with Gasteiger partial charge in [0.2, 0.25) is 0 Å². The predicted molar refractivity (Wildman–Crippen MR) is 77.4 cm³/mol. The van der Waals surface area contributed by atoms with Gasteiger partial charge in [-0.05, 0) is 37.1 Å². The molecule has 1 N–H and O–H groups in total. The maximum atomic E-state index is 5.48. The summed E-state index contributed by atoms with van der Waals surface area (Å²) >= 11 is 3.59. The number of rotatable bonds is 5. The van der Waals surface area contributed by atoms with Crippen LogP contribution in [-0.2, 0) is 0 Å². The van der Waals surface area contributed by atoms with Crippen LogP contribution in [-0.4, -0.2) is 0 Å². The summed E-state index contributed by atoms with van der Waals surface area (Å²) in [4.78, 5) is 0. The summed E-state index contributed by atoms with van der Waals surface area (Å²) in [6.45, 7) is 4.33. The van der Waals surface area contributed by atoms with E-state index >= 15 is 0 Å². The van der Waals surface area contributed by atoms with E-state index in [0.717, 1.165) is 16.7 Å². The van der Waals surface area contributed by atoms with Crippen molar-refractivity contribution in [2.45, 2.75) is 32.4 Å². The minimum absolute atomic E-state index is 0.252. The van der Waals surface area contributed by atoms with Crippen molar-refractivity contribution in [3.63, 3.8) is 0 Å². The van der Waals surface area contributed by atoms with Gasteiger partial charge in [-0.1, -0.05) is 41.1 Å². The van der Waals surface area contributed by atoms with Gasteiger partial charge in [0.1, 0.15) is 5.76 Å². The van der Waals surface area contributed by atoms with Crippen LogP contribution in [0.4, 0.5) is 0 Å². The second kappa shape index (κ2) is 6.21. The first-order chi connectivity index (χ1) is 8.72. The first kappa shape index (κ1) is 13.4. The number of hydrogen-bond acceptors (Lipinski definition) is 2. The topological polar surface area (TPSA) is 25.2 Å². The molecule has 0 bridgehead atoms. The average Bonchev–Trinajstić information content (AvgIpc) is 2.90. The van der Waals surface area contributed by atoms with Crippen molar-refractivity contribution in [3.8, 4) is 0 Å². The van der Waals surface area contributed by atoms with Crippen molar-refractivity contribution in [3.05, 3.63) is 58.5 Å². The third-order valence-electron chi connectivity index (χ3n) is 3.12. The number of nitrogens with one attached hydrogen (secondary N) is 1. The maximum absolute atomic E-state index is 5.48. The molecule has 2 aromatic rings. The highest BCUT2D eigenvalue weighted by molar-refractivity contribution is 9.10. The van der Waals surface area contributed by atoms with Crippen molar-refractivity contribution in [1.82, 2.24) is 5.32 Å². The van der Waals surface area contributed by atoms with Crippen molar-refractivity contribution < 1.29 is 4.42 Å².